The van der Waals surface area contributed by atoms with Crippen LogP contribution in [0.25, 0.3) is 21.7 Å². The number of methoxy groups -OCH3 is 1. The lowest BCUT2D eigenvalue weighted by atomic mass is 9.97. The summed E-state index contributed by atoms with van der Waals surface area (Å²) in [5.74, 6) is -0.812. The van der Waals surface area contributed by atoms with Gasteiger partial charge in [-0.1, -0.05) is 32.0 Å². The number of aliphatic hydroxyl groups is 3. The minimum absolute atomic E-state index is 0.0294. The molecule has 0 radical (unpaired) electrons. The van der Waals surface area contributed by atoms with Gasteiger partial charge < -0.3 is 73.2 Å². The Kier molecular flexibility index (Phi) is 19.6. The Morgan fingerprint density at radius 3 is 2.35 bits per heavy atom. The standard InChI is InChI=1S/C48H61N5O14S.C2H6.CH3Cl/c1-27-10-9-11-31-37(22-34-30(43(27)31)14-15-53(34)46(58)33-18-29-20-39(62-17-16-52(6)7)38(61-8)21-32(29)50-33)66-68(59,60)67-40-19-28(45(57)51-47(2,3)26-63-48(4,5)25-49)12-13-36(40)64-42-23-35(55)44(56)41(24-54)65-42;2*1-2/h9-13,18-22,35,41-42,44,50,54-56H,14-17,23-26,49H2,1-8H3,(H,51,57);1-2H3;1H3. The average Bonchev–Trinajstić information content (AvgIpc) is 3.97. The van der Waals surface area contributed by atoms with E-state index in [1.807, 2.05) is 65.7 Å². The fourth-order valence-corrected chi connectivity index (χ4v) is 8.74. The molecule has 3 heterocycles. The first-order chi connectivity index (χ1) is 34.1. The van der Waals surface area contributed by atoms with E-state index in [9.17, 15) is 33.3 Å². The maximum atomic E-state index is 14.4. The number of aryl methyl sites for hydroxylation is 1. The lowest BCUT2D eigenvalue weighted by Gasteiger charge is -2.36. The Hall–Kier alpha value is -5.42. The van der Waals surface area contributed by atoms with Crippen LogP contribution in [-0.4, -0.2) is 148 Å². The van der Waals surface area contributed by atoms with Gasteiger partial charge in [0.2, 0.25) is 6.29 Å². The summed E-state index contributed by atoms with van der Waals surface area (Å²) >= 11 is 4.64. The number of nitrogens with zero attached hydrogens (tertiary/aromatic N) is 2. The Morgan fingerprint density at radius 1 is 0.972 bits per heavy atom. The number of aromatic nitrogens is 1. The van der Waals surface area contributed by atoms with E-state index in [1.165, 1.54) is 24.6 Å². The maximum absolute atomic E-state index is 14.4. The lowest BCUT2D eigenvalue weighted by molar-refractivity contribution is -0.230. The summed E-state index contributed by atoms with van der Waals surface area (Å²) in [4.78, 5) is 34.9. The van der Waals surface area contributed by atoms with E-state index in [0.29, 0.717) is 53.0 Å². The van der Waals surface area contributed by atoms with E-state index in [0.717, 1.165) is 22.6 Å². The topological polar surface area (TPSA) is 254 Å². The number of fused-ring (bicyclic) bond motifs is 4. The number of alkyl halides is 1. The first kappa shape index (κ1) is 57.5. The first-order valence-electron chi connectivity index (χ1n) is 23.6. The van der Waals surface area contributed by atoms with Gasteiger partial charge in [-0.05, 0) is 102 Å². The normalized spacial score (nSPS) is 17.9. The Labute approximate surface area is 426 Å². The molecule has 0 aliphatic carbocycles. The SMILES string of the molecule is CC.CCl.COc1cc2[nH]c(C(=O)N3CCc4c3cc(OS(=O)(=O)Oc3cc(C(=O)NC(C)(C)COC(C)(C)CN)ccc3OC3CC(O)C(O)C(CO)O3)c3cccc(C)c43)cc2cc1OCCN(C)C. The molecule has 4 unspecified atom stereocenters. The molecular weight excluding hydrogens is 974 g/mol. The van der Waals surface area contributed by atoms with Crippen LogP contribution < -0.4 is 38.5 Å². The predicted octanol–water partition coefficient (Wildman–Crippen LogP) is 5.84. The second-order valence-corrected chi connectivity index (χ2v) is 19.7. The largest absolute Gasteiger partial charge is 0.501 e. The van der Waals surface area contributed by atoms with Crippen molar-refractivity contribution in [1.82, 2.24) is 15.2 Å². The highest BCUT2D eigenvalue weighted by Crippen LogP contribution is 2.43. The molecule has 0 saturated carbocycles. The van der Waals surface area contributed by atoms with Gasteiger partial charge in [0.1, 0.15) is 24.5 Å². The van der Waals surface area contributed by atoms with Crippen LogP contribution in [0.3, 0.4) is 0 Å². The zero-order valence-corrected chi connectivity index (χ0v) is 44.4. The monoisotopic (exact) mass is 1040 g/mol. The summed E-state index contributed by atoms with van der Waals surface area (Å²) in [7, 11) is 0.342. The van der Waals surface area contributed by atoms with Crippen LogP contribution in [0.15, 0.2) is 60.7 Å². The molecule has 19 nitrogen and oxygen atoms in total. The van der Waals surface area contributed by atoms with Crippen molar-refractivity contribution in [3.8, 4) is 28.7 Å². The number of hydrogen-bond acceptors (Lipinski definition) is 16. The average molecular weight is 1040 g/mol. The number of anilines is 1. The highest BCUT2D eigenvalue weighted by atomic mass is 35.5. The van der Waals surface area contributed by atoms with Crippen LogP contribution >= 0.6 is 11.6 Å². The summed E-state index contributed by atoms with van der Waals surface area (Å²) < 4.78 is 69.0. The Balaban J connectivity index is 0.00000235. The van der Waals surface area contributed by atoms with Crippen molar-refractivity contribution >= 4 is 61.2 Å². The number of benzene rings is 4. The third kappa shape index (κ3) is 13.8. The van der Waals surface area contributed by atoms with Gasteiger partial charge >= 0.3 is 10.4 Å². The van der Waals surface area contributed by atoms with E-state index in [4.69, 9.17) is 37.8 Å². The summed E-state index contributed by atoms with van der Waals surface area (Å²) in [5.41, 5.74) is 7.22. The van der Waals surface area contributed by atoms with Gasteiger partial charge in [-0.2, -0.15) is 0 Å². The van der Waals surface area contributed by atoms with Crippen LogP contribution in [0.4, 0.5) is 5.69 Å². The van der Waals surface area contributed by atoms with Crippen molar-refractivity contribution < 1.29 is 65.4 Å². The number of aromatic amines is 1. The second-order valence-electron chi connectivity index (χ2n) is 18.5. The Bertz CT molecular complexity index is 2790. The van der Waals surface area contributed by atoms with Gasteiger partial charge in [-0.25, -0.2) is 0 Å². The number of amides is 2. The van der Waals surface area contributed by atoms with Crippen molar-refractivity contribution in [2.45, 2.75) is 97.0 Å². The molecule has 5 aromatic rings. The van der Waals surface area contributed by atoms with Crippen molar-refractivity contribution in [2.24, 2.45) is 5.73 Å². The number of carbonyl (C=O) groups excluding carboxylic acids is 2. The molecule has 4 atom stereocenters. The highest BCUT2D eigenvalue weighted by Gasteiger charge is 2.39. The van der Waals surface area contributed by atoms with Crippen molar-refractivity contribution in [1.29, 1.82) is 0 Å². The van der Waals surface area contributed by atoms with Gasteiger partial charge in [-0.15, -0.1) is 20.0 Å². The fourth-order valence-electron chi connectivity index (χ4n) is 8.00. The summed E-state index contributed by atoms with van der Waals surface area (Å²) in [6.07, 6.45) is -3.58. The van der Waals surface area contributed by atoms with E-state index < -0.39 is 64.4 Å². The molecule has 0 bridgehead atoms. The lowest BCUT2D eigenvalue weighted by Crippen LogP contribution is -2.51. The molecule has 7 rings (SSSR count). The number of H-pyrrole nitrogens is 1. The van der Waals surface area contributed by atoms with Gasteiger partial charge in [0.05, 0.1) is 43.3 Å². The molecule has 0 spiro atoms. The van der Waals surface area contributed by atoms with E-state index >= 15 is 0 Å². The number of nitrogens with one attached hydrogen (secondary N) is 2. The zero-order valence-electron chi connectivity index (χ0n) is 42.8. The van der Waals surface area contributed by atoms with Crippen LogP contribution in [-0.2, 0) is 26.3 Å². The number of nitrogens with two attached hydrogens (primary N) is 1. The molecule has 2 amide bonds. The quantitative estimate of drug-likeness (QED) is 0.0532. The molecule has 1 saturated heterocycles. The number of carbonyl (C=O) groups is 2. The first-order valence-corrected chi connectivity index (χ1v) is 25.7. The smallest absolute Gasteiger partial charge is 0.493 e. The van der Waals surface area contributed by atoms with Crippen LogP contribution in [0.2, 0.25) is 0 Å². The van der Waals surface area contributed by atoms with Crippen molar-refractivity contribution in [3.05, 3.63) is 83.0 Å². The third-order valence-electron chi connectivity index (χ3n) is 11.8. The van der Waals surface area contributed by atoms with Gasteiger partial charge in [0.15, 0.2) is 28.7 Å². The van der Waals surface area contributed by atoms with Gasteiger partial charge in [-0.3, -0.25) is 9.59 Å². The minimum atomic E-state index is -5.09. The molecule has 1 aromatic heterocycles. The predicted molar refractivity (Wildman–Crippen MR) is 276 cm³/mol. The van der Waals surface area contributed by atoms with E-state index in [1.54, 1.807) is 50.1 Å². The molecule has 7 N–H and O–H groups in total. The molecule has 2 aliphatic rings. The number of halogens is 1. The summed E-state index contributed by atoms with van der Waals surface area (Å²) in [6.45, 7) is 14.1. The zero-order chi connectivity index (χ0) is 53.3. The number of hydrogen-bond donors (Lipinski definition) is 6. The summed E-state index contributed by atoms with van der Waals surface area (Å²) in [5, 5.41) is 35.3. The van der Waals surface area contributed by atoms with Crippen LogP contribution in [0, 0.1) is 6.92 Å². The fraction of sp³-hybridized carbons (Fsp3) is 0.490. The number of rotatable bonds is 19. The van der Waals surface area contributed by atoms with Crippen LogP contribution in [0.5, 0.6) is 28.7 Å². The maximum Gasteiger partial charge on any atom is 0.501 e. The Morgan fingerprint density at radius 2 is 1.68 bits per heavy atom. The summed E-state index contributed by atoms with van der Waals surface area (Å²) in [6, 6.07) is 15.9. The third-order valence-corrected chi connectivity index (χ3v) is 12.6. The van der Waals surface area contributed by atoms with Crippen molar-refractivity contribution in [2.75, 3.05) is 71.9 Å². The molecule has 1 fully saturated rings. The molecule has 4 aromatic carbocycles. The second kappa shape index (κ2) is 24.5. The molecule has 2 aliphatic heterocycles. The number of likely N-dealkylation sites (N-methyl/N-ethyl adjacent to an activating group) is 1. The number of aliphatic hydroxyl groups excluding tert-OH is 3. The molecule has 72 heavy (non-hydrogen) atoms. The van der Waals surface area contributed by atoms with E-state index in [2.05, 4.69) is 21.9 Å². The molecule has 396 valence electrons. The minimum Gasteiger partial charge on any atom is -0.493 e. The highest BCUT2D eigenvalue weighted by molar-refractivity contribution is 7.82. The van der Waals surface area contributed by atoms with Gasteiger partial charge in [0.25, 0.3) is 11.8 Å². The van der Waals surface area contributed by atoms with Gasteiger partial charge in [0, 0.05) is 66.4 Å². The molecule has 21 heteroatoms. The molecular formula is C51H70ClN5O14S. The number of ether oxygens (including phenoxy) is 5. The van der Waals surface area contributed by atoms with Crippen molar-refractivity contribution in [3.63, 3.8) is 0 Å². The van der Waals surface area contributed by atoms with E-state index in [-0.39, 0.29) is 54.8 Å². The van der Waals surface area contributed by atoms with Crippen LogP contribution in [0.1, 0.15) is 79.9 Å².